The highest BCUT2D eigenvalue weighted by atomic mass is 16.7. The molecule has 88 valence electrons. The van der Waals surface area contributed by atoms with Crippen LogP contribution in [0.5, 0.6) is 0 Å². The summed E-state index contributed by atoms with van der Waals surface area (Å²) in [6, 6.07) is -0.0988. The fraction of sp³-hybridized carbons (Fsp3) is 0.900. The first kappa shape index (κ1) is 12.4. The lowest BCUT2D eigenvalue weighted by molar-refractivity contribution is -0.133. The van der Waals surface area contributed by atoms with Crippen LogP contribution >= 0.6 is 0 Å². The first-order chi connectivity index (χ1) is 7.10. The van der Waals surface area contributed by atoms with Gasteiger partial charge in [-0.2, -0.15) is 0 Å². The Balaban J connectivity index is 2.44. The zero-order valence-electron chi connectivity index (χ0n) is 9.82. The number of hydrogen-bond acceptors (Lipinski definition) is 4. The Morgan fingerprint density at radius 3 is 2.47 bits per heavy atom. The largest absolute Gasteiger partial charge is 0.354 e. The zero-order valence-corrected chi connectivity index (χ0v) is 9.82. The molecule has 0 spiro atoms. The van der Waals surface area contributed by atoms with Gasteiger partial charge < -0.3 is 14.4 Å². The van der Waals surface area contributed by atoms with Gasteiger partial charge in [0.25, 0.3) is 0 Å². The van der Waals surface area contributed by atoms with Gasteiger partial charge >= 0.3 is 0 Å². The van der Waals surface area contributed by atoms with E-state index in [0.29, 0.717) is 0 Å². The van der Waals surface area contributed by atoms with Gasteiger partial charge in [0.2, 0.25) is 5.91 Å². The molecule has 15 heavy (non-hydrogen) atoms. The molecule has 1 fully saturated rings. The van der Waals surface area contributed by atoms with Crippen LogP contribution in [0.2, 0.25) is 0 Å². The van der Waals surface area contributed by atoms with Crippen molar-refractivity contribution in [3.05, 3.63) is 0 Å². The molecule has 0 aromatic rings. The highest BCUT2D eigenvalue weighted by Gasteiger charge is 2.31. The van der Waals surface area contributed by atoms with Gasteiger partial charge in [0.05, 0.1) is 12.1 Å². The highest BCUT2D eigenvalue weighted by molar-refractivity contribution is 5.83. The van der Waals surface area contributed by atoms with Gasteiger partial charge in [-0.05, 0) is 13.3 Å². The third-order valence-corrected chi connectivity index (χ3v) is 2.76. The van der Waals surface area contributed by atoms with Crippen LogP contribution < -0.4 is 5.32 Å². The van der Waals surface area contributed by atoms with Gasteiger partial charge in [0.15, 0.2) is 6.29 Å². The molecule has 0 aromatic heterocycles. The van der Waals surface area contributed by atoms with E-state index in [-0.39, 0.29) is 24.3 Å². The summed E-state index contributed by atoms with van der Waals surface area (Å²) in [7, 11) is 5.00. The number of likely N-dealkylation sites (N-methyl/N-ethyl adjacent to an activating group) is 1. The van der Waals surface area contributed by atoms with E-state index in [1.54, 1.807) is 19.1 Å². The standard InChI is InChI=1S/C10H20N2O3/c1-7(10(14-3)15-4)11-8-5-6-12(2)9(8)13/h7-8,10-11H,5-6H2,1-4H3. The van der Waals surface area contributed by atoms with E-state index in [1.807, 2.05) is 14.0 Å². The molecule has 0 radical (unpaired) electrons. The second-order valence-corrected chi connectivity index (χ2v) is 3.90. The summed E-state index contributed by atoms with van der Waals surface area (Å²) in [6.45, 7) is 2.76. The van der Waals surface area contributed by atoms with Crippen LogP contribution in [-0.4, -0.2) is 57.0 Å². The molecule has 1 rings (SSSR count). The fourth-order valence-corrected chi connectivity index (χ4v) is 1.88. The number of nitrogens with one attached hydrogen (secondary N) is 1. The Morgan fingerprint density at radius 1 is 1.47 bits per heavy atom. The molecule has 2 unspecified atom stereocenters. The van der Waals surface area contributed by atoms with Gasteiger partial charge in [-0.15, -0.1) is 0 Å². The Bertz CT molecular complexity index is 219. The normalized spacial score (nSPS) is 23.9. The maximum atomic E-state index is 11.6. The van der Waals surface area contributed by atoms with Crippen molar-refractivity contribution in [2.75, 3.05) is 27.8 Å². The van der Waals surface area contributed by atoms with E-state index in [4.69, 9.17) is 9.47 Å². The number of carbonyl (C=O) groups excluding carboxylic acids is 1. The Hall–Kier alpha value is -0.650. The van der Waals surface area contributed by atoms with Gasteiger partial charge in [-0.25, -0.2) is 0 Å². The second kappa shape index (κ2) is 5.44. The topological polar surface area (TPSA) is 50.8 Å². The molecule has 1 aliphatic rings. The molecule has 1 amide bonds. The van der Waals surface area contributed by atoms with Crippen LogP contribution in [0.1, 0.15) is 13.3 Å². The minimum absolute atomic E-state index is 0.000417. The predicted octanol–water partition coefficient (Wildman–Crippen LogP) is -0.186. The number of carbonyl (C=O) groups is 1. The van der Waals surface area contributed by atoms with Crippen LogP contribution in [0, 0.1) is 0 Å². The summed E-state index contributed by atoms with van der Waals surface area (Å²) < 4.78 is 10.2. The molecule has 0 aromatic carbocycles. The van der Waals surface area contributed by atoms with Crippen LogP contribution in [0.4, 0.5) is 0 Å². The lowest BCUT2D eigenvalue weighted by Crippen LogP contribution is -2.48. The summed E-state index contributed by atoms with van der Waals surface area (Å²) in [6.07, 6.45) is 0.531. The molecule has 1 aliphatic heterocycles. The number of ether oxygens (including phenoxy) is 2. The second-order valence-electron chi connectivity index (χ2n) is 3.90. The van der Waals surface area contributed by atoms with Crippen molar-refractivity contribution in [1.82, 2.24) is 10.2 Å². The number of amides is 1. The average molecular weight is 216 g/mol. The van der Waals surface area contributed by atoms with Gasteiger partial charge in [0.1, 0.15) is 0 Å². The van der Waals surface area contributed by atoms with E-state index in [9.17, 15) is 4.79 Å². The van der Waals surface area contributed by atoms with Crippen molar-refractivity contribution >= 4 is 5.91 Å². The summed E-state index contributed by atoms with van der Waals surface area (Å²) in [5.41, 5.74) is 0. The van der Waals surface area contributed by atoms with E-state index < -0.39 is 0 Å². The molecule has 1 N–H and O–H groups in total. The van der Waals surface area contributed by atoms with Crippen molar-refractivity contribution in [2.24, 2.45) is 0 Å². The maximum Gasteiger partial charge on any atom is 0.239 e. The number of methoxy groups -OCH3 is 2. The van der Waals surface area contributed by atoms with E-state index >= 15 is 0 Å². The Kier molecular flexibility index (Phi) is 4.50. The molecule has 0 aliphatic carbocycles. The Morgan fingerprint density at radius 2 is 2.07 bits per heavy atom. The lowest BCUT2D eigenvalue weighted by Gasteiger charge is -2.24. The lowest BCUT2D eigenvalue weighted by atomic mass is 10.2. The third-order valence-electron chi connectivity index (χ3n) is 2.76. The van der Waals surface area contributed by atoms with Crippen LogP contribution in [-0.2, 0) is 14.3 Å². The van der Waals surface area contributed by atoms with E-state index in [1.165, 1.54) is 0 Å². The highest BCUT2D eigenvalue weighted by Crippen LogP contribution is 2.10. The molecule has 0 saturated carbocycles. The SMILES string of the molecule is COC(OC)C(C)NC1CCN(C)C1=O. The molecule has 5 heteroatoms. The molecule has 0 bridgehead atoms. The van der Waals surface area contributed by atoms with E-state index in [0.717, 1.165) is 13.0 Å². The van der Waals surface area contributed by atoms with Crippen LogP contribution in [0.3, 0.4) is 0 Å². The average Bonchev–Trinajstić information content (AvgIpc) is 2.52. The summed E-state index contributed by atoms with van der Waals surface area (Å²) in [5, 5.41) is 3.22. The first-order valence-electron chi connectivity index (χ1n) is 5.16. The van der Waals surface area contributed by atoms with Crippen molar-refractivity contribution in [1.29, 1.82) is 0 Å². The minimum atomic E-state index is -0.316. The molecule has 2 atom stereocenters. The summed E-state index contributed by atoms with van der Waals surface area (Å²) in [4.78, 5) is 13.4. The minimum Gasteiger partial charge on any atom is -0.354 e. The maximum absolute atomic E-state index is 11.6. The number of likely N-dealkylation sites (tertiary alicyclic amines) is 1. The summed E-state index contributed by atoms with van der Waals surface area (Å²) >= 11 is 0. The number of nitrogens with zero attached hydrogens (tertiary/aromatic N) is 1. The van der Waals surface area contributed by atoms with Crippen molar-refractivity contribution in [2.45, 2.75) is 31.7 Å². The fourth-order valence-electron chi connectivity index (χ4n) is 1.88. The smallest absolute Gasteiger partial charge is 0.239 e. The number of rotatable bonds is 5. The predicted molar refractivity (Wildman–Crippen MR) is 56.4 cm³/mol. The quantitative estimate of drug-likeness (QED) is 0.647. The zero-order chi connectivity index (χ0) is 11.4. The van der Waals surface area contributed by atoms with Crippen molar-refractivity contribution < 1.29 is 14.3 Å². The van der Waals surface area contributed by atoms with Crippen molar-refractivity contribution in [3.63, 3.8) is 0 Å². The Labute approximate surface area is 90.7 Å². The van der Waals surface area contributed by atoms with Gasteiger partial charge in [-0.1, -0.05) is 0 Å². The molecule has 1 heterocycles. The molecular weight excluding hydrogens is 196 g/mol. The third kappa shape index (κ3) is 2.90. The van der Waals surface area contributed by atoms with Gasteiger partial charge in [0, 0.05) is 27.8 Å². The van der Waals surface area contributed by atoms with Crippen LogP contribution in [0.15, 0.2) is 0 Å². The van der Waals surface area contributed by atoms with Crippen molar-refractivity contribution in [3.8, 4) is 0 Å². The van der Waals surface area contributed by atoms with Crippen LogP contribution in [0.25, 0.3) is 0 Å². The molecule has 1 saturated heterocycles. The summed E-state index contributed by atoms with van der Waals surface area (Å²) in [5.74, 6) is 0.146. The molecule has 5 nitrogen and oxygen atoms in total. The molecular formula is C10H20N2O3. The monoisotopic (exact) mass is 216 g/mol. The number of hydrogen-bond donors (Lipinski definition) is 1. The van der Waals surface area contributed by atoms with E-state index in [2.05, 4.69) is 5.32 Å². The first-order valence-corrected chi connectivity index (χ1v) is 5.16. The van der Waals surface area contributed by atoms with Gasteiger partial charge in [-0.3, -0.25) is 10.1 Å².